The van der Waals surface area contributed by atoms with Gasteiger partial charge in [0.1, 0.15) is 0 Å². The summed E-state index contributed by atoms with van der Waals surface area (Å²) in [6.07, 6.45) is 0. The number of ether oxygens (including phenoxy) is 1. The number of esters is 1. The molecule has 35 heavy (non-hydrogen) atoms. The molecule has 4 N–H and O–H groups in total. The van der Waals surface area contributed by atoms with Crippen molar-refractivity contribution in [3.63, 3.8) is 0 Å². The molecule has 0 unspecified atom stereocenters. The van der Waals surface area contributed by atoms with E-state index in [1.54, 1.807) is 25.1 Å². The van der Waals surface area contributed by atoms with Gasteiger partial charge in [-0.3, -0.25) is 9.59 Å². The maximum atomic E-state index is 13.1. The van der Waals surface area contributed by atoms with Crippen LogP contribution in [0.25, 0.3) is 11.3 Å². The van der Waals surface area contributed by atoms with Gasteiger partial charge < -0.3 is 25.8 Å². The summed E-state index contributed by atoms with van der Waals surface area (Å²) in [6.45, 7) is 2.32. The van der Waals surface area contributed by atoms with Gasteiger partial charge in [0.05, 0.1) is 35.7 Å². The maximum absolute atomic E-state index is 13.1. The number of aliphatic carboxylic acids is 1. The van der Waals surface area contributed by atoms with Crippen LogP contribution in [0.1, 0.15) is 34.0 Å². The summed E-state index contributed by atoms with van der Waals surface area (Å²) in [5, 5.41) is 17.9. The lowest BCUT2D eigenvalue weighted by Gasteiger charge is -2.15. The van der Waals surface area contributed by atoms with Gasteiger partial charge in [0.15, 0.2) is 0 Å². The number of carbonyl (C=O) groups is 3. The molecule has 0 radical (unpaired) electrons. The van der Waals surface area contributed by atoms with Gasteiger partial charge in [-0.2, -0.15) is 0 Å². The third kappa shape index (κ3) is 5.56. The van der Waals surface area contributed by atoms with Gasteiger partial charge >= 0.3 is 11.9 Å². The van der Waals surface area contributed by atoms with Gasteiger partial charge in [0.2, 0.25) is 0 Å². The van der Waals surface area contributed by atoms with Crippen molar-refractivity contribution in [1.29, 1.82) is 0 Å². The number of anilines is 2. The number of carboxylic acid groups (broad SMARTS) is 1. The molecule has 3 aromatic rings. The molecule has 0 saturated carbocycles. The van der Waals surface area contributed by atoms with Crippen LogP contribution < -0.4 is 16.0 Å². The number of hydrogen-bond acceptors (Lipinski definition) is 6. The topological polar surface area (TPSA) is 117 Å². The summed E-state index contributed by atoms with van der Waals surface area (Å²) >= 11 is 0. The highest BCUT2D eigenvalue weighted by atomic mass is 16.5. The Kier molecular flexibility index (Phi) is 7.23. The molecule has 1 heterocycles. The number of benzene rings is 3. The molecule has 178 valence electrons. The second-order valence-corrected chi connectivity index (χ2v) is 7.87. The lowest BCUT2D eigenvalue weighted by atomic mass is 9.99. The van der Waals surface area contributed by atoms with Gasteiger partial charge in [-0.1, -0.05) is 48.5 Å². The third-order valence-electron chi connectivity index (χ3n) is 5.42. The predicted molar refractivity (Wildman–Crippen MR) is 134 cm³/mol. The summed E-state index contributed by atoms with van der Waals surface area (Å²) < 4.78 is 5.07. The largest absolute Gasteiger partial charge is 0.480 e. The van der Waals surface area contributed by atoms with Crippen LogP contribution in [-0.4, -0.2) is 36.1 Å². The zero-order valence-corrected chi connectivity index (χ0v) is 19.1. The normalized spacial score (nSPS) is 13.6. The zero-order valence-electron chi connectivity index (χ0n) is 19.1. The Hall–Kier alpha value is -4.43. The van der Waals surface area contributed by atoms with E-state index in [0.29, 0.717) is 34.6 Å². The Labute approximate surface area is 202 Å². The number of hydrogen-bond donors (Lipinski definition) is 4. The van der Waals surface area contributed by atoms with Crippen LogP contribution in [0.2, 0.25) is 0 Å². The van der Waals surface area contributed by atoms with Crippen molar-refractivity contribution in [2.75, 3.05) is 23.8 Å². The summed E-state index contributed by atoms with van der Waals surface area (Å²) in [7, 11) is 0. The summed E-state index contributed by atoms with van der Waals surface area (Å²) in [6, 6.07) is 22.1. The van der Waals surface area contributed by atoms with Crippen LogP contribution in [0.4, 0.5) is 11.4 Å². The Morgan fingerprint density at radius 3 is 2.40 bits per heavy atom. The molecule has 3 aromatic carbocycles. The number of carbonyl (C=O) groups excluding carboxylic acids is 2. The fourth-order valence-corrected chi connectivity index (χ4v) is 3.81. The lowest BCUT2D eigenvalue weighted by molar-refractivity contribution is -0.136. The quantitative estimate of drug-likeness (QED) is 0.276. The van der Waals surface area contributed by atoms with E-state index in [-0.39, 0.29) is 19.1 Å². The molecule has 8 nitrogen and oxygen atoms in total. The van der Waals surface area contributed by atoms with Gasteiger partial charge in [0.25, 0.3) is 5.91 Å². The molecule has 8 heteroatoms. The molecule has 0 bridgehead atoms. The molecular formula is C27H25N3O5. The van der Waals surface area contributed by atoms with E-state index in [1.165, 1.54) is 0 Å². The molecule has 0 spiro atoms. The summed E-state index contributed by atoms with van der Waals surface area (Å²) in [5.74, 6) is -1.63. The lowest BCUT2D eigenvalue weighted by Crippen LogP contribution is -2.21. The molecule has 1 aliphatic heterocycles. The predicted octanol–water partition coefficient (Wildman–Crippen LogP) is 3.97. The van der Waals surface area contributed by atoms with Crippen LogP contribution in [0.15, 0.2) is 72.8 Å². The summed E-state index contributed by atoms with van der Waals surface area (Å²) in [5.41, 5.74) is 5.22. The van der Waals surface area contributed by atoms with Crippen molar-refractivity contribution >= 4 is 40.5 Å². The Balaban J connectivity index is 1.68. The van der Waals surface area contributed by atoms with Crippen LogP contribution >= 0.6 is 0 Å². The third-order valence-corrected chi connectivity index (χ3v) is 5.42. The van der Waals surface area contributed by atoms with Crippen LogP contribution in [0.5, 0.6) is 0 Å². The van der Waals surface area contributed by atoms with Crippen molar-refractivity contribution in [3.8, 4) is 0 Å². The van der Waals surface area contributed by atoms with Crippen molar-refractivity contribution in [1.82, 2.24) is 5.32 Å². The first kappa shape index (κ1) is 23.7. The molecule has 0 atom stereocenters. The van der Waals surface area contributed by atoms with E-state index in [9.17, 15) is 14.4 Å². The number of rotatable bonds is 9. The monoisotopic (exact) mass is 471 g/mol. The highest BCUT2D eigenvalue weighted by molar-refractivity contribution is 6.37. The molecule has 0 aliphatic carbocycles. The highest BCUT2D eigenvalue weighted by Gasteiger charge is 2.29. The smallest absolute Gasteiger partial charge is 0.338 e. The van der Waals surface area contributed by atoms with Gasteiger partial charge in [-0.25, -0.2) is 4.79 Å². The Morgan fingerprint density at radius 2 is 1.71 bits per heavy atom. The average molecular weight is 472 g/mol. The number of nitrogens with one attached hydrogen (secondary N) is 3. The summed E-state index contributed by atoms with van der Waals surface area (Å²) in [4.78, 5) is 35.9. The second kappa shape index (κ2) is 10.7. The molecule has 0 fully saturated rings. The van der Waals surface area contributed by atoms with Gasteiger partial charge in [-0.05, 0) is 42.3 Å². The van der Waals surface area contributed by atoms with E-state index in [4.69, 9.17) is 9.84 Å². The Bertz CT molecular complexity index is 1280. The first-order valence-corrected chi connectivity index (χ1v) is 11.2. The zero-order chi connectivity index (χ0) is 24.8. The number of carboxylic acids is 1. The molecule has 1 aliphatic rings. The van der Waals surface area contributed by atoms with E-state index < -0.39 is 11.9 Å². The molecule has 4 rings (SSSR count). The van der Waals surface area contributed by atoms with Crippen LogP contribution in [0.3, 0.4) is 0 Å². The van der Waals surface area contributed by atoms with E-state index in [1.807, 2.05) is 54.6 Å². The molecular weight excluding hydrogens is 446 g/mol. The van der Waals surface area contributed by atoms with E-state index >= 15 is 0 Å². The molecule has 1 amide bonds. The molecule has 0 aromatic heterocycles. The standard InChI is InChI=1S/C27H25N3O5/c1-2-35-27(34)19-10-13-21-22(14-19)30-26(33)24(21)25(18-6-4-3-5-7-18)29-20-11-8-17(9-12-20)15-28-16-23(31)32/h3-14,28-29H,2,15-16H2,1H3,(H,30,33)(H,31,32)/b25-24-. The first-order chi connectivity index (χ1) is 17.0. The van der Waals surface area contributed by atoms with Crippen LogP contribution in [0, 0.1) is 0 Å². The Morgan fingerprint density at radius 1 is 0.971 bits per heavy atom. The van der Waals surface area contributed by atoms with Crippen LogP contribution in [-0.2, 0) is 20.9 Å². The minimum absolute atomic E-state index is 0.114. The highest BCUT2D eigenvalue weighted by Crippen LogP contribution is 2.38. The van der Waals surface area contributed by atoms with Gasteiger partial charge in [-0.15, -0.1) is 0 Å². The van der Waals surface area contributed by atoms with E-state index in [0.717, 1.165) is 16.8 Å². The average Bonchev–Trinajstić information content (AvgIpc) is 3.18. The van der Waals surface area contributed by atoms with Crippen molar-refractivity contribution in [2.24, 2.45) is 0 Å². The minimum Gasteiger partial charge on any atom is -0.480 e. The minimum atomic E-state index is -0.910. The van der Waals surface area contributed by atoms with Crippen molar-refractivity contribution < 1.29 is 24.2 Å². The fourth-order valence-electron chi connectivity index (χ4n) is 3.81. The number of amides is 1. The maximum Gasteiger partial charge on any atom is 0.338 e. The fraction of sp³-hybridized carbons (Fsp3) is 0.148. The van der Waals surface area contributed by atoms with Crippen molar-refractivity contribution in [2.45, 2.75) is 13.5 Å². The second-order valence-electron chi connectivity index (χ2n) is 7.87. The SMILES string of the molecule is CCOC(=O)c1ccc2c(c1)NC(=O)/C2=C(\Nc1ccc(CNCC(=O)O)cc1)c1ccccc1. The van der Waals surface area contributed by atoms with E-state index in [2.05, 4.69) is 16.0 Å². The van der Waals surface area contributed by atoms with Gasteiger partial charge in [0, 0.05) is 17.8 Å². The number of fused-ring (bicyclic) bond motifs is 1. The first-order valence-electron chi connectivity index (χ1n) is 11.2. The molecule has 0 saturated heterocycles. The van der Waals surface area contributed by atoms with Crippen molar-refractivity contribution in [3.05, 3.63) is 95.1 Å².